The number of benzene rings is 2. The monoisotopic (exact) mass is 370 g/mol. The number of aryl methyl sites for hydroxylation is 1. The van der Waals surface area contributed by atoms with E-state index in [0.29, 0.717) is 12.4 Å². The Morgan fingerprint density at radius 1 is 1.04 bits per heavy atom. The summed E-state index contributed by atoms with van der Waals surface area (Å²) in [7, 11) is 0. The van der Waals surface area contributed by atoms with Gasteiger partial charge in [0.25, 0.3) is 5.56 Å². The lowest BCUT2D eigenvalue weighted by Crippen LogP contribution is -2.35. The number of aromatic amines is 2. The molecule has 0 bridgehead atoms. The summed E-state index contributed by atoms with van der Waals surface area (Å²) < 4.78 is 0. The van der Waals surface area contributed by atoms with Crippen molar-refractivity contribution in [1.29, 1.82) is 0 Å². The van der Waals surface area contributed by atoms with E-state index in [-0.39, 0.29) is 5.56 Å². The van der Waals surface area contributed by atoms with Gasteiger partial charge in [0.1, 0.15) is 5.82 Å². The number of nitrogens with one attached hydrogen (secondary N) is 2. The van der Waals surface area contributed by atoms with Crippen LogP contribution in [0.3, 0.4) is 0 Å². The Morgan fingerprint density at radius 2 is 1.82 bits per heavy atom. The van der Waals surface area contributed by atoms with Gasteiger partial charge in [-0.1, -0.05) is 48.5 Å². The van der Waals surface area contributed by atoms with Crippen LogP contribution in [0.4, 0.5) is 0 Å². The minimum absolute atomic E-state index is 0.00761. The van der Waals surface area contributed by atoms with Gasteiger partial charge in [0.05, 0.1) is 5.69 Å². The zero-order valence-electron chi connectivity index (χ0n) is 15.8. The van der Waals surface area contributed by atoms with E-state index in [0.717, 1.165) is 36.3 Å². The summed E-state index contributed by atoms with van der Waals surface area (Å²) in [5, 5.41) is 1.27. The second kappa shape index (κ2) is 6.77. The van der Waals surface area contributed by atoms with Gasteiger partial charge in [-0.3, -0.25) is 9.69 Å². The molecule has 0 unspecified atom stereocenters. The SMILES string of the molecule is Cc1[nH]c2ccccc2c1CN1CCc2c(nc(-c3ccccc3)[nH]c2=O)C1. The summed E-state index contributed by atoms with van der Waals surface area (Å²) in [6, 6.07) is 18.2. The van der Waals surface area contributed by atoms with Crippen LogP contribution < -0.4 is 5.56 Å². The topological polar surface area (TPSA) is 64.8 Å². The second-order valence-electron chi connectivity index (χ2n) is 7.44. The molecule has 0 radical (unpaired) electrons. The third-order valence-electron chi connectivity index (χ3n) is 5.61. The van der Waals surface area contributed by atoms with Gasteiger partial charge in [-0.25, -0.2) is 4.98 Å². The first-order valence-corrected chi connectivity index (χ1v) is 9.65. The molecule has 5 heteroatoms. The van der Waals surface area contributed by atoms with E-state index in [9.17, 15) is 4.79 Å². The fraction of sp³-hybridized carbons (Fsp3) is 0.217. The highest BCUT2D eigenvalue weighted by molar-refractivity contribution is 5.84. The van der Waals surface area contributed by atoms with Gasteiger partial charge in [0, 0.05) is 47.4 Å². The normalized spacial score (nSPS) is 14.3. The van der Waals surface area contributed by atoms with Crippen molar-refractivity contribution in [1.82, 2.24) is 19.9 Å². The van der Waals surface area contributed by atoms with Crippen molar-refractivity contribution in [3.05, 3.63) is 87.5 Å². The standard InChI is InChI=1S/C23H22N4O/c1-15-19(17-9-5-6-10-20(17)24-15)13-27-12-11-18-21(14-27)25-22(26-23(18)28)16-7-3-2-4-8-16/h2-10,24H,11-14H2,1H3,(H,25,26,28). The third kappa shape index (κ3) is 2.94. The molecule has 0 amide bonds. The molecule has 2 aromatic heterocycles. The van der Waals surface area contributed by atoms with E-state index >= 15 is 0 Å². The largest absolute Gasteiger partial charge is 0.358 e. The van der Waals surface area contributed by atoms with Crippen LogP contribution in [0.25, 0.3) is 22.3 Å². The van der Waals surface area contributed by atoms with Gasteiger partial charge >= 0.3 is 0 Å². The highest BCUT2D eigenvalue weighted by Crippen LogP contribution is 2.26. The average molecular weight is 370 g/mol. The molecule has 0 fully saturated rings. The molecule has 0 spiro atoms. The van der Waals surface area contributed by atoms with Gasteiger partial charge in [-0.2, -0.15) is 0 Å². The Labute approximate surface area is 163 Å². The lowest BCUT2D eigenvalue weighted by atomic mass is 10.0. The Bertz CT molecular complexity index is 1210. The highest BCUT2D eigenvalue weighted by Gasteiger charge is 2.22. The molecule has 0 saturated carbocycles. The van der Waals surface area contributed by atoms with E-state index < -0.39 is 0 Å². The molecule has 0 atom stereocenters. The van der Waals surface area contributed by atoms with Crippen LogP contribution in [0.1, 0.15) is 22.5 Å². The summed E-state index contributed by atoms with van der Waals surface area (Å²) in [6.07, 6.45) is 0.730. The molecule has 0 aliphatic carbocycles. The minimum atomic E-state index is -0.00761. The first-order chi connectivity index (χ1) is 13.7. The lowest BCUT2D eigenvalue weighted by molar-refractivity contribution is 0.241. The average Bonchev–Trinajstić information content (AvgIpc) is 3.03. The molecule has 5 nitrogen and oxygen atoms in total. The first kappa shape index (κ1) is 17.0. The number of aromatic nitrogens is 3. The number of nitrogens with zero attached hydrogens (tertiary/aromatic N) is 2. The Morgan fingerprint density at radius 3 is 2.68 bits per heavy atom. The molecule has 5 rings (SSSR count). The third-order valence-corrected chi connectivity index (χ3v) is 5.61. The van der Waals surface area contributed by atoms with Gasteiger partial charge < -0.3 is 9.97 Å². The summed E-state index contributed by atoms with van der Waals surface area (Å²) in [5.74, 6) is 0.648. The second-order valence-corrected chi connectivity index (χ2v) is 7.44. The molecule has 3 heterocycles. The van der Waals surface area contributed by atoms with Gasteiger partial charge in [0.15, 0.2) is 0 Å². The maximum atomic E-state index is 12.6. The van der Waals surface area contributed by atoms with Crippen molar-refractivity contribution >= 4 is 10.9 Å². The zero-order valence-corrected chi connectivity index (χ0v) is 15.8. The zero-order chi connectivity index (χ0) is 19.1. The van der Waals surface area contributed by atoms with Gasteiger partial charge in [0.2, 0.25) is 0 Å². The van der Waals surface area contributed by atoms with Crippen LogP contribution in [0.2, 0.25) is 0 Å². The summed E-state index contributed by atoms with van der Waals surface area (Å²) in [5.41, 5.74) is 6.35. The van der Waals surface area contributed by atoms with E-state index in [4.69, 9.17) is 4.98 Å². The van der Waals surface area contributed by atoms with E-state index in [1.54, 1.807) is 0 Å². The summed E-state index contributed by atoms with van der Waals surface area (Å²) in [6.45, 7) is 4.54. The number of H-pyrrole nitrogens is 2. The molecular formula is C23H22N4O. The first-order valence-electron chi connectivity index (χ1n) is 9.65. The van der Waals surface area contributed by atoms with Crippen molar-refractivity contribution in [2.24, 2.45) is 0 Å². The van der Waals surface area contributed by atoms with E-state index in [1.807, 2.05) is 30.3 Å². The molecule has 4 aromatic rings. The predicted octanol–water partition coefficient (Wildman–Crippen LogP) is 3.78. The Kier molecular flexibility index (Phi) is 4.10. The number of hydrogen-bond donors (Lipinski definition) is 2. The fourth-order valence-corrected chi connectivity index (χ4v) is 4.12. The quantitative estimate of drug-likeness (QED) is 0.577. The minimum Gasteiger partial charge on any atom is -0.358 e. The van der Waals surface area contributed by atoms with Crippen LogP contribution in [-0.4, -0.2) is 26.4 Å². The smallest absolute Gasteiger partial charge is 0.254 e. The number of hydrogen-bond acceptors (Lipinski definition) is 3. The van der Waals surface area contributed by atoms with Crippen molar-refractivity contribution in [2.75, 3.05) is 6.54 Å². The number of para-hydroxylation sites is 1. The molecular weight excluding hydrogens is 348 g/mol. The highest BCUT2D eigenvalue weighted by atomic mass is 16.1. The molecule has 2 N–H and O–H groups in total. The maximum Gasteiger partial charge on any atom is 0.254 e. The predicted molar refractivity (Wildman–Crippen MR) is 111 cm³/mol. The van der Waals surface area contributed by atoms with Crippen LogP contribution in [0.15, 0.2) is 59.4 Å². The molecule has 0 saturated heterocycles. The Hall–Kier alpha value is -3.18. The van der Waals surface area contributed by atoms with Crippen molar-refractivity contribution in [3.8, 4) is 11.4 Å². The van der Waals surface area contributed by atoms with E-state index in [1.165, 1.54) is 22.2 Å². The van der Waals surface area contributed by atoms with E-state index in [2.05, 4.69) is 46.1 Å². The van der Waals surface area contributed by atoms with Crippen LogP contribution >= 0.6 is 0 Å². The van der Waals surface area contributed by atoms with Crippen LogP contribution in [-0.2, 0) is 19.5 Å². The Balaban J connectivity index is 1.47. The van der Waals surface area contributed by atoms with Gasteiger partial charge in [-0.15, -0.1) is 0 Å². The molecule has 1 aliphatic heterocycles. The van der Waals surface area contributed by atoms with Crippen molar-refractivity contribution in [3.63, 3.8) is 0 Å². The van der Waals surface area contributed by atoms with Crippen LogP contribution in [0.5, 0.6) is 0 Å². The van der Waals surface area contributed by atoms with Gasteiger partial charge in [-0.05, 0) is 25.0 Å². The molecule has 28 heavy (non-hydrogen) atoms. The lowest BCUT2D eigenvalue weighted by Gasteiger charge is -2.28. The molecule has 140 valence electrons. The van der Waals surface area contributed by atoms with Crippen molar-refractivity contribution in [2.45, 2.75) is 26.4 Å². The fourth-order valence-electron chi connectivity index (χ4n) is 4.12. The molecule has 1 aliphatic rings. The summed E-state index contributed by atoms with van der Waals surface area (Å²) >= 11 is 0. The summed E-state index contributed by atoms with van der Waals surface area (Å²) in [4.78, 5) is 26.2. The van der Waals surface area contributed by atoms with Crippen LogP contribution in [0, 0.1) is 6.92 Å². The number of rotatable bonds is 3. The number of fused-ring (bicyclic) bond motifs is 2. The van der Waals surface area contributed by atoms with Crippen molar-refractivity contribution < 1.29 is 0 Å². The maximum absolute atomic E-state index is 12.6. The molecule has 2 aromatic carbocycles.